The van der Waals surface area contributed by atoms with Gasteiger partial charge in [-0.05, 0) is 75.5 Å². The molecule has 0 saturated carbocycles. The standard InChI is InChI=1S/C20H30N4O/c1-22-11-5-18(15-22)24-16-20(6-2-19(24)25)7-12-23(13-8-20)14-17-3-9-21-10-4-17/h3-4,9-10,18H,2,5-8,11-16H2,1H3/t18-/m1/s1. The van der Waals surface area contributed by atoms with Crippen LogP contribution in [0.15, 0.2) is 24.5 Å². The van der Waals surface area contributed by atoms with Gasteiger partial charge in [-0.25, -0.2) is 0 Å². The Balaban J connectivity index is 1.36. The lowest BCUT2D eigenvalue weighted by atomic mass is 9.72. The van der Waals surface area contributed by atoms with Crippen LogP contribution in [0.2, 0.25) is 0 Å². The molecule has 0 unspecified atom stereocenters. The van der Waals surface area contributed by atoms with Crippen LogP contribution in [-0.2, 0) is 11.3 Å². The summed E-state index contributed by atoms with van der Waals surface area (Å²) in [6.45, 7) is 6.49. The minimum atomic E-state index is 0.365. The molecule has 0 aliphatic carbocycles. The third-order valence-corrected chi connectivity index (χ3v) is 6.57. The fourth-order valence-electron chi connectivity index (χ4n) is 4.88. The minimum Gasteiger partial charge on any atom is -0.338 e. The summed E-state index contributed by atoms with van der Waals surface area (Å²) in [7, 11) is 2.17. The van der Waals surface area contributed by atoms with Crippen LogP contribution >= 0.6 is 0 Å². The second-order valence-corrected chi connectivity index (χ2v) is 8.36. The van der Waals surface area contributed by atoms with E-state index in [2.05, 4.69) is 38.9 Å². The summed E-state index contributed by atoms with van der Waals surface area (Å²) >= 11 is 0. The maximum absolute atomic E-state index is 12.5. The van der Waals surface area contributed by atoms with Crippen LogP contribution < -0.4 is 0 Å². The van der Waals surface area contributed by atoms with Crippen LogP contribution in [0.5, 0.6) is 0 Å². The van der Waals surface area contributed by atoms with Gasteiger partial charge in [0.1, 0.15) is 0 Å². The second kappa shape index (κ2) is 7.04. The molecule has 0 N–H and O–H groups in total. The van der Waals surface area contributed by atoms with Gasteiger partial charge in [0.15, 0.2) is 0 Å². The van der Waals surface area contributed by atoms with Gasteiger partial charge < -0.3 is 9.80 Å². The largest absolute Gasteiger partial charge is 0.338 e. The first-order valence-corrected chi connectivity index (χ1v) is 9.73. The van der Waals surface area contributed by atoms with Gasteiger partial charge in [0, 0.05) is 44.5 Å². The molecule has 4 rings (SSSR count). The first-order chi connectivity index (χ1) is 12.1. The van der Waals surface area contributed by atoms with Gasteiger partial charge in [-0.15, -0.1) is 0 Å². The molecule has 136 valence electrons. The Kier molecular flexibility index (Phi) is 4.78. The Morgan fingerprint density at radius 1 is 1.16 bits per heavy atom. The molecule has 0 aromatic carbocycles. The first-order valence-electron chi connectivity index (χ1n) is 9.73. The zero-order valence-electron chi connectivity index (χ0n) is 15.4. The maximum atomic E-state index is 12.5. The van der Waals surface area contributed by atoms with Crippen LogP contribution in [0.3, 0.4) is 0 Å². The normalized spacial score (nSPS) is 28.0. The predicted molar refractivity (Wildman–Crippen MR) is 98.0 cm³/mol. The molecule has 4 heterocycles. The highest BCUT2D eigenvalue weighted by Gasteiger charge is 2.43. The molecule has 25 heavy (non-hydrogen) atoms. The molecule has 1 spiro atoms. The summed E-state index contributed by atoms with van der Waals surface area (Å²) in [5, 5.41) is 0. The zero-order chi connectivity index (χ0) is 17.3. The van der Waals surface area contributed by atoms with E-state index in [9.17, 15) is 4.79 Å². The third-order valence-electron chi connectivity index (χ3n) is 6.57. The van der Waals surface area contributed by atoms with E-state index >= 15 is 0 Å². The molecular weight excluding hydrogens is 312 g/mol. The molecule has 5 nitrogen and oxygen atoms in total. The third kappa shape index (κ3) is 3.72. The maximum Gasteiger partial charge on any atom is 0.222 e. The number of carbonyl (C=O) groups is 1. The topological polar surface area (TPSA) is 39.7 Å². The van der Waals surface area contributed by atoms with E-state index < -0.39 is 0 Å². The number of amides is 1. The van der Waals surface area contributed by atoms with Crippen LogP contribution in [0.1, 0.15) is 37.7 Å². The number of pyridine rings is 1. The lowest BCUT2D eigenvalue weighted by Gasteiger charge is -2.49. The van der Waals surface area contributed by atoms with Crippen molar-refractivity contribution in [3.8, 4) is 0 Å². The monoisotopic (exact) mass is 342 g/mol. The van der Waals surface area contributed by atoms with Gasteiger partial charge >= 0.3 is 0 Å². The van der Waals surface area contributed by atoms with Crippen molar-refractivity contribution in [2.75, 3.05) is 39.8 Å². The molecule has 5 heteroatoms. The molecule has 3 fully saturated rings. The second-order valence-electron chi connectivity index (χ2n) is 8.36. The molecule has 3 saturated heterocycles. The summed E-state index contributed by atoms with van der Waals surface area (Å²) < 4.78 is 0. The van der Waals surface area contributed by atoms with Gasteiger partial charge in [0.25, 0.3) is 0 Å². The van der Waals surface area contributed by atoms with Crippen molar-refractivity contribution < 1.29 is 4.79 Å². The lowest BCUT2D eigenvalue weighted by molar-refractivity contribution is -0.142. The van der Waals surface area contributed by atoms with Crippen molar-refractivity contribution in [2.24, 2.45) is 5.41 Å². The Hall–Kier alpha value is -1.46. The Bertz CT molecular complexity index is 597. The molecule has 0 radical (unpaired) electrons. The first kappa shape index (κ1) is 17.0. The van der Waals surface area contributed by atoms with Gasteiger partial charge in [0.2, 0.25) is 5.91 Å². The van der Waals surface area contributed by atoms with E-state index in [0.29, 0.717) is 17.4 Å². The number of hydrogen-bond acceptors (Lipinski definition) is 4. The van der Waals surface area contributed by atoms with E-state index in [1.807, 2.05) is 12.4 Å². The molecule has 1 atom stereocenters. The summed E-state index contributed by atoms with van der Waals surface area (Å²) in [4.78, 5) is 23.8. The highest BCUT2D eigenvalue weighted by molar-refractivity contribution is 5.77. The number of carbonyl (C=O) groups excluding carboxylic acids is 1. The number of piperidine rings is 2. The zero-order valence-corrected chi connectivity index (χ0v) is 15.4. The van der Waals surface area contributed by atoms with Crippen molar-refractivity contribution in [1.29, 1.82) is 0 Å². The number of rotatable bonds is 3. The number of likely N-dealkylation sites (tertiary alicyclic amines) is 3. The predicted octanol–water partition coefficient (Wildman–Crippen LogP) is 1.99. The molecule has 3 aliphatic heterocycles. The smallest absolute Gasteiger partial charge is 0.222 e. The van der Waals surface area contributed by atoms with Crippen LogP contribution in [0.25, 0.3) is 0 Å². The van der Waals surface area contributed by atoms with Crippen molar-refractivity contribution in [1.82, 2.24) is 19.7 Å². The van der Waals surface area contributed by atoms with Crippen LogP contribution in [0, 0.1) is 5.41 Å². The quantitative estimate of drug-likeness (QED) is 0.842. The Labute approximate surface area is 151 Å². The lowest BCUT2D eigenvalue weighted by Crippen LogP contribution is -2.54. The van der Waals surface area contributed by atoms with E-state index in [4.69, 9.17) is 0 Å². The summed E-state index contributed by atoms with van der Waals surface area (Å²) in [5.41, 5.74) is 1.71. The van der Waals surface area contributed by atoms with Crippen molar-refractivity contribution >= 4 is 5.91 Å². The SMILES string of the molecule is CN1CC[C@@H](N2CC3(CCC2=O)CCN(Cc2ccncc2)CC3)C1. The average Bonchev–Trinajstić information content (AvgIpc) is 3.07. The van der Waals surface area contributed by atoms with Gasteiger partial charge in [-0.1, -0.05) is 0 Å². The molecule has 1 amide bonds. The van der Waals surface area contributed by atoms with Crippen molar-refractivity contribution in [3.63, 3.8) is 0 Å². The van der Waals surface area contributed by atoms with E-state index in [0.717, 1.165) is 58.5 Å². The molecular formula is C20H30N4O. The van der Waals surface area contributed by atoms with Crippen molar-refractivity contribution in [2.45, 2.75) is 44.7 Å². The number of nitrogens with zero attached hydrogens (tertiary/aromatic N) is 4. The molecule has 3 aliphatic rings. The highest BCUT2D eigenvalue weighted by Crippen LogP contribution is 2.41. The van der Waals surface area contributed by atoms with Crippen LogP contribution in [-0.4, -0.2) is 71.4 Å². The van der Waals surface area contributed by atoms with E-state index in [1.165, 1.54) is 18.4 Å². The van der Waals surface area contributed by atoms with E-state index in [1.54, 1.807) is 0 Å². The number of hydrogen-bond donors (Lipinski definition) is 0. The minimum absolute atomic E-state index is 0.365. The fraction of sp³-hybridized carbons (Fsp3) is 0.700. The fourth-order valence-corrected chi connectivity index (χ4v) is 4.88. The Morgan fingerprint density at radius 2 is 1.92 bits per heavy atom. The summed E-state index contributed by atoms with van der Waals surface area (Å²) in [6.07, 6.45) is 9.20. The molecule has 1 aromatic rings. The average molecular weight is 342 g/mol. The summed E-state index contributed by atoms with van der Waals surface area (Å²) in [6, 6.07) is 4.67. The van der Waals surface area contributed by atoms with Gasteiger partial charge in [-0.2, -0.15) is 0 Å². The van der Waals surface area contributed by atoms with Gasteiger partial charge in [-0.3, -0.25) is 14.7 Å². The molecule has 1 aromatic heterocycles. The number of likely N-dealkylation sites (N-methyl/N-ethyl adjacent to an activating group) is 1. The summed E-state index contributed by atoms with van der Waals surface area (Å²) in [5.74, 6) is 0.394. The number of aromatic nitrogens is 1. The highest BCUT2D eigenvalue weighted by atomic mass is 16.2. The Morgan fingerprint density at radius 3 is 2.60 bits per heavy atom. The van der Waals surface area contributed by atoms with Crippen molar-refractivity contribution in [3.05, 3.63) is 30.1 Å². The van der Waals surface area contributed by atoms with Crippen LogP contribution in [0.4, 0.5) is 0 Å². The molecule has 0 bridgehead atoms. The van der Waals surface area contributed by atoms with E-state index in [-0.39, 0.29) is 0 Å². The van der Waals surface area contributed by atoms with Gasteiger partial charge in [0.05, 0.1) is 0 Å².